The summed E-state index contributed by atoms with van der Waals surface area (Å²) in [4.78, 5) is 16.4. The first kappa shape index (κ1) is 28.3. The maximum absolute atomic E-state index is 6.46. The van der Waals surface area contributed by atoms with Gasteiger partial charge in [-0.3, -0.25) is 9.98 Å². The number of anilines is 2. The maximum atomic E-state index is 6.46. The molecule has 0 unspecified atom stereocenters. The molecule has 0 radical (unpaired) electrons. The molecule has 0 amide bonds. The Balaban J connectivity index is 0.00000353. The molecule has 42 heavy (non-hydrogen) atoms. The summed E-state index contributed by atoms with van der Waals surface area (Å²) >= 11 is 0. The molecule has 206 valence electrons. The monoisotopic (exact) mass is 565 g/mol. The number of nitrogens with two attached hydrogens (primary N) is 1. The maximum Gasteiger partial charge on any atom is 0.158 e. The fourth-order valence-electron chi connectivity index (χ4n) is 4.87. The molecule has 2 heterocycles. The SMILES string of the molecule is C=C1c2ccccc2/C=C\N(c2cncc(C(N=C(N)c3ccccc3)=NCc3ccccc3)c2)c2ccccc21.S. The van der Waals surface area contributed by atoms with Crippen LogP contribution in [-0.4, -0.2) is 16.7 Å². The van der Waals surface area contributed by atoms with Crippen molar-refractivity contribution in [1.82, 2.24) is 4.98 Å². The molecule has 2 N–H and O–H groups in total. The van der Waals surface area contributed by atoms with Crippen LogP contribution in [0.2, 0.25) is 0 Å². The number of hydrogen-bond donors (Lipinski definition) is 1. The van der Waals surface area contributed by atoms with E-state index in [2.05, 4.69) is 59.1 Å². The van der Waals surface area contributed by atoms with Gasteiger partial charge in [0, 0.05) is 29.1 Å². The number of rotatable bonds is 5. The summed E-state index contributed by atoms with van der Waals surface area (Å²) in [5, 5.41) is 0. The lowest BCUT2D eigenvalue weighted by atomic mass is 9.92. The van der Waals surface area contributed by atoms with Crippen LogP contribution in [0, 0.1) is 0 Å². The highest BCUT2D eigenvalue weighted by Crippen LogP contribution is 2.38. The van der Waals surface area contributed by atoms with Crippen LogP contribution in [0.1, 0.15) is 33.4 Å². The van der Waals surface area contributed by atoms with E-state index in [1.54, 1.807) is 6.20 Å². The van der Waals surface area contributed by atoms with Crippen molar-refractivity contribution in [1.29, 1.82) is 0 Å². The van der Waals surface area contributed by atoms with Gasteiger partial charge in [0.05, 0.1) is 24.1 Å². The molecule has 0 atom stereocenters. The van der Waals surface area contributed by atoms with E-state index >= 15 is 0 Å². The second-order valence-corrected chi connectivity index (χ2v) is 9.69. The predicted molar refractivity (Wildman–Crippen MR) is 181 cm³/mol. The lowest BCUT2D eigenvalue weighted by Crippen LogP contribution is -2.17. The van der Waals surface area contributed by atoms with E-state index in [1.165, 1.54) is 0 Å². The number of fused-ring (bicyclic) bond motifs is 2. The first-order valence-electron chi connectivity index (χ1n) is 13.5. The fraction of sp³-hybridized carbons (Fsp3) is 0.0278. The van der Waals surface area contributed by atoms with Crippen molar-refractivity contribution in [3.05, 3.63) is 174 Å². The number of amidine groups is 2. The molecular weight excluding hydrogens is 534 g/mol. The van der Waals surface area contributed by atoms with Crippen LogP contribution in [0.25, 0.3) is 11.6 Å². The standard InChI is InChI=1S/C36H29N5.H2S/c1-26-32-17-9-8-14-28(32)20-21-41(34-19-11-10-18-33(26)34)31-22-30(24-38-25-31)36(39-23-27-12-4-2-5-13-27)40-35(37)29-15-6-3-7-16-29;/h2-22,24-25H,1,23H2,(H2,37,39,40);1H2/b21-20-;. The van der Waals surface area contributed by atoms with Crippen LogP contribution in [0.5, 0.6) is 0 Å². The topological polar surface area (TPSA) is 66.9 Å². The third-order valence-electron chi connectivity index (χ3n) is 6.99. The molecule has 6 heteroatoms. The summed E-state index contributed by atoms with van der Waals surface area (Å²) in [6.07, 6.45) is 7.81. The second-order valence-electron chi connectivity index (χ2n) is 9.69. The Morgan fingerprint density at radius 3 is 2.21 bits per heavy atom. The van der Waals surface area contributed by atoms with Gasteiger partial charge in [-0.05, 0) is 40.5 Å². The number of nitrogens with zero attached hydrogens (tertiary/aromatic N) is 4. The van der Waals surface area contributed by atoms with Crippen LogP contribution in [0.15, 0.2) is 150 Å². The fourth-order valence-corrected chi connectivity index (χ4v) is 4.87. The molecular formula is C36H31N5S. The molecule has 5 nitrogen and oxygen atoms in total. The lowest BCUT2D eigenvalue weighted by Gasteiger charge is -2.27. The van der Waals surface area contributed by atoms with Crippen molar-refractivity contribution in [3.63, 3.8) is 0 Å². The summed E-state index contributed by atoms with van der Waals surface area (Å²) in [6, 6.07) is 38.5. The van der Waals surface area contributed by atoms with Gasteiger partial charge in [0.1, 0.15) is 5.84 Å². The minimum Gasteiger partial charge on any atom is -0.383 e. The summed E-state index contributed by atoms with van der Waals surface area (Å²) in [5.74, 6) is 0.913. The molecule has 0 fully saturated rings. The molecule has 1 aliphatic rings. The Morgan fingerprint density at radius 2 is 1.43 bits per heavy atom. The summed E-state index contributed by atoms with van der Waals surface area (Å²) in [5.41, 5.74) is 15.3. The highest BCUT2D eigenvalue weighted by atomic mass is 32.1. The molecule has 0 bridgehead atoms. The minimum atomic E-state index is 0. The van der Waals surface area contributed by atoms with Crippen molar-refractivity contribution in [2.45, 2.75) is 6.54 Å². The molecule has 1 aromatic heterocycles. The molecule has 1 aliphatic heterocycles. The van der Waals surface area contributed by atoms with E-state index < -0.39 is 0 Å². The normalized spacial score (nSPS) is 13.7. The number of benzene rings is 4. The molecule has 0 aliphatic carbocycles. The van der Waals surface area contributed by atoms with E-state index in [4.69, 9.17) is 15.7 Å². The van der Waals surface area contributed by atoms with Crippen LogP contribution in [-0.2, 0) is 6.54 Å². The van der Waals surface area contributed by atoms with Gasteiger partial charge in [0.25, 0.3) is 0 Å². The van der Waals surface area contributed by atoms with Crippen molar-refractivity contribution in [3.8, 4) is 0 Å². The van der Waals surface area contributed by atoms with Gasteiger partial charge in [-0.2, -0.15) is 13.5 Å². The van der Waals surface area contributed by atoms with Gasteiger partial charge in [-0.15, -0.1) is 0 Å². The zero-order valence-electron chi connectivity index (χ0n) is 23.1. The van der Waals surface area contributed by atoms with Crippen LogP contribution < -0.4 is 10.6 Å². The molecule has 4 aromatic carbocycles. The molecule has 0 spiro atoms. The van der Waals surface area contributed by atoms with Crippen molar-refractivity contribution in [2.75, 3.05) is 4.90 Å². The number of hydrogen-bond acceptors (Lipinski definition) is 3. The Hall–Kier alpha value is -5.20. The zero-order valence-corrected chi connectivity index (χ0v) is 24.1. The highest BCUT2D eigenvalue weighted by molar-refractivity contribution is 7.59. The van der Waals surface area contributed by atoms with Gasteiger partial charge in [0.15, 0.2) is 5.84 Å². The number of aliphatic imine (C=N–C) groups is 2. The third-order valence-corrected chi connectivity index (χ3v) is 6.99. The average molecular weight is 566 g/mol. The van der Waals surface area contributed by atoms with Crippen molar-refractivity contribution >= 4 is 48.2 Å². The Bertz CT molecular complexity index is 1790. The largest absolute Gasteiger partial charge is 0.383 e. The Morgan fingerprint density at radius 1 is 0.762 bits per heavy atom. The van der Waals surface area contributed by atoms with Gasteiger partial charge in [0.2, 0.25) is 0 Å². The van der Waals surface area contributed by atoms with Crippen LogP contribution >= 0.6 is 13.5 Å². The van der Waals surface area contributed by atoms with E-state index in [-0.39, 0.29) is 13.5 Å². The zero-order chi connectivity index (χ0) is 28.0. The van der Waals surface area contributed by atoms with Gasteiger partial charge in [-0.25, -0.2) is 4.99 Å². The average Bonchev–Trinajstić information content (AvgIpc) is 3.03. The summed E-state index contributed by atoms with van der Waals surface area (Å²) < 4.78 is 0. The highest BCUT2D eigenvalue weighted by Gasteiger charge is 2.19. The second kappa shape index (κ2) is 13.0. The smallest absolute Gasteiger partial charge is 0.158 e. The summed E-state index contributed by atoms with van der Waals surface area (Å²) in [6.45, 7) is 4.93. The minimum absolute atomic E-state index is 0. The first-order chi connectivity index (χ1) is 20.2. The molecule has 5 aromatic rings. The van der Waals surface area contributed by atoms with Crippen molar-refractivity contribution < 1.29 is 0 Å². The van der Waals surface area contributed by atoms with Gasteiger partial charge in [-0.1, -0.05) is 110 Å². The predicted octanol–water partition coefficient (Wildman–Crippen LogP) is 7.73. The van der Waals surface area contributed by atoms with Crippen LogP contribution in [0.3, 0.4) is 0 Å². The Kier molecular flexibility index (Phi) is 8.75. The van der Waals surface area contributed by atoms with Crippen molar-refractivity contribution in [2.24, 2.45) is 15.7 Å². The van der Waals surface area contributed by atoms with E-state index in [9.17, 15) is 0 Å². The molecule has 0 saturated heterocycles. The quantitative estimate of drug-likeness (QED) is 0.175. The number of pyridine rings is 1. The van der Waals surface area contributed by atoms with Crippen LogP contribution in [0.4, 0.5) is 11.4 Å². The van der Waals surface area contributed by atoms with Gasteiger partial charge < -0.3 is 10.6 Å². The first-order valence-corrected chi connectivity index (χ1v) is 13.5. The van der Waals surface area contributed by atoms with E-state index in [0.29, 0.717) is 18.2 Å². The Labute approximate surface area is 253 Å². The van der Waals surface area contributed by atoms with E-state index in [1.807, 2.05) is 91.1 Å². The molecule has 0 saturated carbocycles. The number of para-hydroxylation sites is 1. The lowest BCUT2D eigenvalue weighted by molar-refractivity contribution is 1.06. The van der Waals surface area contributed by atoms with Gasteiger partial charge >= 0.3 is 0 Å². The van der Waals surface area contributed by atoms with E-state index in [0.717, 1.165) is 50.3 Å². The summed E-state index contributed by atoms with van der Waals surface area (Å²) in [7, 11) is 0. The third kappa shape index (κ3) is 6.09. The molecule has 6 rings (SSSR count). The number of aromatic nitrogens is 1.